The fraction of sp³-hybridized carbons (Fsp3) is 0.500. The van der Waals surface area contributed by atoms with Crippen LogP contribution in [0.25, 0.3) is 0 Å². The van der Waals surface area contributed by atoms with Crippen molar-refractivity contribution in [3.8, 4) is 5.75 Å². The van der Waals surface area contributed by atoms with Crippen molar-refractivity contribution in [2.75, 3.05) is 13.6 Å². The molecule has 1 amide bonds. The number of amides is 1. The van der Waals surface area contributed by atoms with Crippen LogP contribution in [0.5, 0.6) is 5.75 Å². The van der Waals surface area contributed by atoms with E-state index in [1.165, 1.54) is 6.07 Å². The summed E-state index contributed by atoms with van der Waals surface area (Å²) in [5.41, 5.74) is 6.30. The molecule has 1 fully saturated rings. The maximum atomic E-state index is 12.4. The van der Waals surface area contributed by atoms with E-state index in [2.05, 4.69) is 0 Å². The molecule has 5 heteroatoms. The number of phenols is 1. The summed E-state index contributed by atoms with van der Waals surface area (Å²) in [6, 6.07) is 5.27. The van der Waals surface area contributed by atoms with Crippen molar-refractivity contribution in [3.63, 3.8) is 0 Å². The number of hydrogen-bond donors (Lipinski definition) is 2. The van der Waals surface area contributed by atoms with Gasteiger partial charge < -0.3 is 15.7 Å². The quantitative estimate of drug-likeness (QED) is 0.798. The van der Waals surface area contributed by atoms with Crippen LogP contribution in [0.3, 0.4) is 0 Å². The van der Waals surface area contributed by atoms with Gasteiger partial charge in [0.1, 0.15) is 5.75 Å². The van der Waals surface area contributed by atoms with Gasteiger partial charge in [-0.15, -0.1) is 0 Å². The van der Waals surface area contributed by atoms with Crippen LogP contribution in [0, 0.1) is 9.49 Å². The Morgan fingerprint density at radius 3 is 2.89 bits per heavy atom. The minimum atomic E-state index is -0.0444. The van der Waals surface area contributed by atoms with Gasteiger partial charge in [0, 0.05) is 18.7 Å². The molecule has 0 aliphatic heterocycles. The largest absolute Gasteiger partial charge is 0.507 e. The lowest BCUT2D eigenvalue weighted by Crippen LogP contribution is -2.41. The normalized spacial score (nSPS) is 22.5. The van der Waals surface area contributed by atoms with Crippen LogP contribution in [-0.2, 0) is 0 Å². The fourth-order valence-corrected chi connectivity index (χ4v) is 3.14. The summed E-state index contributed by atoms with van der Waals surface area (Å²) in [6.07, 6.45) is 3.24. The Balaban J connectivity index is 2.16. The first-order valence-electron chi connectivity index (χ1n) is 6.50. The van der Waals surface area contributed by atoms with Gasteiger partial charge in [0.15, 0.2) is 0 Å². The summed E-state index contributed by atoms with van der Waals surface area (Å²) < 4.78 is 0.748. The Bertz CT molecular complexity index is 479. The summed E-state index contributed by atoms with van der Waals surface area (Å²) in [6.45, 7) is 0.625. The van der Waals surface area contributed by atoms with Crippen LogP contribution in [0.1, 0.15) is 29.6 Å². The summed E-state index contributed by atoms with van der Waals surface area (Å²) >= 11 is 2.04. The molecule has 0 aromatic heterocycles. The van der Waals surface area contributed by atoms with E-state index in [-0.39, 0.29) is 17.7 Å². The molecule has 1 aliphatic carbocycles. The minimum Gasteiger partial charge on any atom is -0.507 e. The molecule has 2 rings (SSSR count). The molecule has 0 spiro atoms. The van der Waals surface area contributed by atoms with Crippen molar-refractivity contribution in [2.24, 2.45) is 11.7 Å². The van der Waals surface area contributed by atoms with Crippen molar-refractivity contribution < 1.29 is 9.90 Å². The minimum absolute atomic E-state index is 0.0444. The molecule has 1 saturated carbocycles. The maximum Gasteiger partial charge on any atom is 0.253 e. The van der Waals surface area contributed by atoms with E-state index in [0.717, 1.165) is 22.8 Å². The zero-order valence-corrected chi connectivity index (χ0v) is 13.1. The van der Waals surface area contributed by atoms with E-state index in [4.69, 9.17) is 5.73 Å². The van der Waals surface area contributed by atoms with E-state index in [1.807, 2.05) is 29.6 Å². The maximum absolute atomic E-state index is 12.4. The molecule has 0 radical (unpaired) electrons. The standard InChI is InChI=1S/C14H19IN2O2/c1-17(12-4-2-3-10(12)8-16)14(19)9-5-6-11(15)13(18)7-9/h5-7,10,12,18H,2-4,8,16H2,1H3. The molecular formula is C14H19IN2O2. The average Bonchev–Trinajstić information content (AvgIpc) is 2.88. The van der Waals surface area contributed by atoms with Gasteiger partial charge >= 0.3 is 0 Å². The highest BCUT2D eigenvalue weighted by Gasteiger charge is 2.32. The number of nitrogens with zero attached hydrogens (tertiary/aromatic N) is 1. The number of nitrogens with two attached hydrogens (primary N) is 1. The molecule has 0 heterocycles. The third-order valence-electron chi connectivity index (χ3n) is 3.93. The summed E-state index contributed by atoms with van der Waals surface area (Å²) in [5, 5.41) is 9.70. The topological polar surface area (TPSA) is 66.6 Å². The van der Waals surface area contributed by atoms with E-state index < -0.39 is 0 Å². The average molecular weight is 374 g/mol. The highest BCUT2D eigenvalue weighted by Crippen LogP contribution is 2.30. The molecular weight excluding hydrogens is 355 g/mol. The molecule has 1 aromatic rings. The first kappa shape index (κ1) is 14.6. The third kappa shape index (κ3) is 3.02. The van der Waals surface area contributed by atoms with Crippen LogP contribution >= 0.6 is 22.6 Å². The predicted octanol–water partition coefficient (Wildman–Crippen LogP) is 2.20. The second kappa shape index (κ2) is 6.09. The smallest absolute Gasteiger partial charge is 0.253 e. The Labute approximate surface area is 127 Å². The zero-order chi connectivity index (χ0) is 14.0. The van der Waals surface area contributed by atoms with Gasteiger partial charge in [-0.25, -0.2) is 0 Å². The van der Waals surface area contributed by atoms with Crippen LogP contribution in [0.2, 0.25) is 0 Å². The van der Waals surface area contributed by atoms with Gasteiger partial charge in [0.05, 0.1) is 3.57 Å². The molecule has 1 aliphatic rings. The van der Waals surface area contributed by atoms with Crippen molar-refractivity contribution >= 4 is 28.5 Å². The first-order chi connectivity index (χ1) is 9.04. The number of carbonyl (C=O) groups is 1. The SMILES string of the molecule is CN(C(=O)c1ccc(I)c(O)c1)C1CCCC1CN. The van der Waals surface area contributed by atoms with Gasteiger partial charge in [0.25, 0.3) is 5.91 Å². The van der Waals surface area contributed by atoms with E-state index >= 15 is 0 Å². The number of aromatic hydroxyl groups is 1. The lowest BCUT2D eigenvalue weighted by Gasteiger charge is -2.29. The van der Waals surface area contributed by atoms with Gasteiger partial charge in [0.2, 0.25) is 0 Å². The van der Waals surface area contributed by atoms with Crippen LogP contribution < -0.4 is 5.73 Å². The Kier molecular flexibility index (Phi) is 4.67. The van der Waals surface area contributed by atoms with Crippen LogP contribution in [0.15, 0.2) is 18.2 Å². The second-order valence-electron chi connectivity index (χ2n) is 5.08. The highest BCUT2D eigenvalue weighted by molar-refractivity contribution is 14.1. The second-order valence-corrected chi connectivity index (χ2v) is 6.24. The van der Waals surface area contributed by atoms with Crippen molar-refractivity contribution in [2.45, 2.75) is 25.3 Å². The molecule has 4 nitrogen and oxygen atoms in total. The number of phenolic OH excluding ortho intramolecular Hbond substituents is 1. The summed E-state index contributed by atoms with van der Waals surface area (Å²) in [4.78, 5) is 14.2. The molecule has 1 aromatic carbocycles. The zero-order valence-electron chi connectivity index (χ0n) is 11.0. The molecule has 0 saturated heterocycles. The number of benzene rings is 1. The molecule has 2 unspecified atom stereocenters. The molecule has 3 N–H and O–H groups in total. The monoisotopic (exact) mass is 374 g/mol. The van der Waals surface area contributed by atoms with Crippen LogP contribution in [-0.4, -0.2) is 35.5 Å². The van der Waals surface area contributed by atoms with E-state index in [9.17, 15) is 9.90 Å². The Hall–Kier alpha value is -0.820. The number of carbonyl (C=O) groups excluding carboxylic acids is 1. The third-order valence-corrected chi connectivity index (χ3v) is 4.84. The summed E-state index contributed by atoms with van der Waals surface area (Å²) in [5.74, 6) is 0.505. The molecule has 0 bridgehead atoms. The van der Waals surface area contributed by atoms with Crippen LogP contribution in [0.4, 0.5) is 0 Å². The molecule has 19 heavy (non-hydrogen) atoms. The van der Waals surface area contributed by atoms with Crippen molar-refractivity contribution in [1.29, 1.82) is 0 Å². The van der Waals surface area contributed by atoms with Gasteiger partial charge in [-0.05, 0) is 66.1 Å². The number of halogens is 1. The Morgan fingerprint density at radius 1 is 1.53 bits per heavy atom. The van der Waals surface area contributed by atoms with Gasteiger partial charge in [-0.2, -0.15) is 0 Å². The van der Waals surface area contributed by atoms with Gasteiger partial charge in [-0.3, -0.25) is 4.79 Å². The molecule has 104 valence electrons. The van der Waals surface area contributed by atoms with Crippen molar-refractivity contribution in [1.82, 2.24) is 4.90 Å². The highest BCUT2D eigenvalue weighted by atomic mass is 127. The predicted molar refractivity (Wildman–Crippen MR) is 83.1 cm³/mol. The van der Waals surface area contributed by atoms with Gasteiger partial charge in [-0.1, -0.05) is 6.42 Å². The fourth-order valence-electron chi connectivity index (χ4n) is 2.80. The number of rotatable bonds is 3. The van der Waals surface area contributed by atoms with E-state index in [1.54, 1.807) is 17.0 Å². The Morgan fingerprint density at radius 2 is 2.26 bits per heavy atom. The first-order valence-corrected chi connectivity index (χ1v) is 7.58. The number of hydrogen-bond acceptors (Lipinski definition) is 3. The van der Waals surface area contributed by atoms with E-state index in [0.29, 0.717) is 18.0 Å². The lowest BCUT2D eigenvalue weighted by atomic mass is 10.0. The lowest BCUT2D eigenvalue weighted by molar-refractivity contribution is 0.0699. The molecule has 2 atom stereocenters. The summed E-state index contributed by atoms with van der Waals surface area (Å²) in [7, 11) is 1.83. The van der Waals surface area contributed by atoms with Crippen molar-refractivity contribution in [3.05, 3.63) is 27.3 Å².